The summed E-state index contributed by atoms with van der Waals surface area (Å²) in [7, 11) is 0. The maximum atomic E-state index is 10.4. The third-order valence-electron chi connectivity index (χ3n) is 13.8. The molecule has 4 nitrogen and oxygen atoms in total. The van der Waals surface area contributed by atoms with E-state index in [9.17, 15) is 5.11 Å². The molecule has 1 atom stereocenters. The van der Waals surface area contributed by atoms with Gasteiger partial charge in [-0.2, -0.15) is 0 Å². The summed E-state index contributed by atoms with van der Waals surface area (Å²) in [5.74, 6) is 3.89. The molecule has 0 saturated carbocycles. The molecule has 0 amide bonds. The molecule has 1 unspecified atom stereocenters. The van der Waals surface area contributed by atoms with Crippen molar-refractivity contribution in [1.82, 2.24) is 0 Å². The number of benzene rings is 9. The Morgan fingerprint density at radius 2 is 1.11 bits per heavy atom. The molecular formula is C58H38Br2O4S. The summed E-state index contributed by atoms with van der Waals surface area (Å²) in [6.07, 6.45) is 4.41. The molecule has 0 fully saturated rings. The summed E-state index contributed by atoms with van der Waals surface area (Å²) in [5.41, 5.74) is 12.5. The first kappa shape index (κ1) is 40.0. The van der Waals surface area contributed by atoms with Crippen molar-refractivity contribution >= 4 is 71.9 Å². The Morgan fingerprint density at radius 3 is 1.71 bits per heavy atom. The van der Waals surface area contributed by atoms with E-state index in [1.807, 2.05) is 36.4 Å². The van der Waals surface area contributed by atoms with Crippen LogP contribution in [0.4, 0.5) is 0 Å². The molecule has 2 aliphatic carbocycles. The Morgan fingerprint density at radius 1 is 0.538 bits per heavy atom. The molecule has 7 heteroatoms. The van der Waals surface area contributed by atoms with Crippen molar-refractivity contribution in [3.8, 4) is 45.6 Å². The molecular weight excluding hydrogens is 953 g/mol. The number of thiol groups is 1. The predicted molar refractivity (Wildman–Crippen MR) is 272 cm³/mol. The van der Waals surface area contributed by atoms with E-state index in [0.29, 0.717) is 11.5 Å². The molecule has 0 bridgehead atoms. The first-order valence-corrected chi connectivity index (χ1v) is 23.5. The molecule has 1 N–H and O–H groups in total. The van der Waals surface area contributed by atoms with Crippen molar-refractivity contribution in [3.05, 3.63) is 241 Å². The van der Waals surface area contributed by atoms with Crippen LogP contribution in [0.5, 0.6) is 34.5 Å². The van der Waals surface area contributed by atoms with Gasteiger partial charge in [0.15, 0.2) is 0 Å². The van der Waals surface area contributed by atoms with Crippen molar-refractivity contribution in [2.24, 2.45) is 0 Å². The summed E-state index contributed by atoms with van der Waals surface area (Å²) in [6, 6.07) is 58.8. The number of phenols is 1. The van der Waals surface area contributed by atoms with E-state index in [1.54, 1.807) is 12.1 Å². The average molecular weight is 991 g/mol. The topological polar surface area (TPSA) is 47.9 Å². The van der Waals surface area contributed by atoms with E-state index in [-0.39, 0.29) is 5.75 Å². The van der Waals surface area contributed by atoms with Gasteiger partial charge < -0.3 is 18.8 Å². The molecule has 0 radical (unpaired) electrons. The van der Waals surface area contributed by atoms with Crippen LogP contribution in [-0.2, 0) is 10.8 Å². The molecule has 65 heavy (non-hydrogen) atoms. The second-order valence-electron chi connectivity index (χ2n) is 16.9. The monoisotopic (exact) mass is 988 g/mol. The van der Waals surface area contributed by atoms with Crippen LogP contribution >= 0.6 is 44.8 Å². The van der Waals surface area contributed by atoms with Crippen LogP contribution in [-0.4, -0.2) is 5.11 Å². The minimum absolute atomic E-state index is 0.221. The summed E-state index contributed by atoms with van der Waals surface area (Å²) in [5, 5.41) is 14.2. The lowest BCUT2D eigenvalue weighted by Gasteiger charge is -2.41. The number of rotatable bonds is 6. The number of aromatic hydroxyl groups is 1. The first-order valence-electron chi connectivity index (χ1n) is 21.5. The van der Waals surface area contributed by atoms with E-state index >= 15 is 0 Å². The average Bonchev–Trinajstić information content (AvgIpc) is 3.74. The molecule has 314 valence electrons. The summed E-state index contributed by atoms with van der Waals surface area (Å²) in [6.45, 7) is 4.32. The van der Waals surface area contributed by atoms with Gasteiger partial charge in [-0.15, -0.1) is 0 Å². The predicted octanol–water partition coefficient (Wildman–Crippen LogP) is 16.4. The van der Waals surface area contributed by atoms with Gasteiger partial charge in [-0.1, -0.05) is 147 Å². The minimum Gasteiger partial charge on any atom is -0.508 e. The smallest absolute Gasteiger partial charge is 0.144 e. The third kappa shape index (κ3) is 5.62. The van der Waals surface area contributed by atoms with Crippen LogP contribution < -0.4 is 13.7 Å². The summed E-state index contributed by atoms with van der Waals surface area (Å²) in [4.78, 5) is 0. The van der Waals surface area contributed by atoms with Gasteiger partial charge in [0.2, 0.25) is 0 Å². The largest absolute Gasteiger partial charge is 0.508 e. The number of ether oxygens (including phenoxy) is 2. The zero-order valence-electron chi connectivity index (χ0n) is 35.2. The summed E-state index contributed by atoms with van der Waals surface area (Å²) >= 11 is 11.8. The van der Waals surface area contributed by atoms with Crippen molar-refractivity contribution in [2.75, 3.05) is 0 Å². The Kier molecular flexibility index (Phi) is 9.26. The van der Waals surface area contributed by atoms with Gasteiger partial charge in [-0.05, 0) is 136 Å². The molecule has 12 rings (SSSR count). The van der Waals surface area contributed by atoms with Crippen LogP contribution in [0.15, 0.2) is 197 Å². The first-order chi connectivity index (χ1) is 31.8. The molecule has 1 aliphatic heterocycles. The number of fused-ring (bicyclic) bond motifs is 13. The lowest BCUT2D eigenvalue weighted by molar-refractivity contribution is 0.445. The lowest BCUT2D eigenvalue weighted by Crippen LogP contribution is -2.33. The highest BCUT2D eigenvalue weighted by Crippen LogP contribution is 2.64. The molecule has 1 spiro atoms. The minimum atomic E-state index is -0.673. The Hall–Kier alpha value is -6.51. The zero-order valence-corrected chi connectivity index (χ0v) is 39.3. The van der Waals surface area contributed by atoms with Crippen LogP contribution in [0.2, 0.25) is 0 Å². The van der Waals surface area contributed by atoms with Crippen LogP contribution in [0.1, 0.15) is 58.4 Å². The number of phenolic OH excluding ortho intramolecular Hbond substituents is 1. The van der Waals surface area contributed by atoms with Crippen molar-refractivity contribution in [3.63, 3.8) is 0 Å². The number of allylic oxidation sites excluding steroid dienone is 4. The van der Waals surface area contributed by atoms with Gasteiger partial charge in [0, 0.05) is 54.5 Å². The van der Waals surface area contributed by atoms with Gasteiger partial charge in [-0.3, -0.25) is 0 Å². The van der Waals surface area contributed by atoms with Crippen molar-refractivity contribution < 1.29 is 18.8 Å². The Labute approximate surface area is 399 Å². The van der Waals surface area contributed by atoms with Gasteiger partial charge in [-0.25, -0.2) is 0 Å². The second kappa shape index (κ2) is 15.0. The molecule has 9 aromatic carbocycles. The number of hydrogen-bond donors (Lipinski definition) is 2. The van der Waals surface area contributed by atoms with E-state index in [0.717, 1.165) is 81.1 Å². The van der Waals surface area contributed by atoms with Crippen LogP contribution in [0, 0.1) is 0 Å². The van der Waals surface area contributed by atoms with Gasteiger partial charge in [0.1, 0.15) is 34.5 Å². The van der Waals surface area contributed by atoms with Gasteiger partial charge in [0.25, 0.3) is 0 Å². The van der Waals surface area contributed by atoms with Crippen LogP contribution in [0.3, 0.4) is 0 Å². The normalized spacial score (nSPS) is 16.3. The molecule has 0 aromatic heterocycles. The Balaban J connectivity index is 1.02. The summed E-state index contributed by atoms with van der Waals surface area (Å²) < 4.78 is 21.7. The molecule has 0 saturated heterocycles. The SMILES string of the molecule is C/C=C\C1=C(C)c2ccccc2C12c1ccc3c(OS)cccc3c1Oc1c2ccc2c(Oc3ccc(C4(c5ccc(O)cc5)c5cc(Br)ccc5-c5ccc(Br)cc54)cc3)cccc12. The molecule has 3 aliphatic rings. The van der Waals surface area contributed by atoms with Gasteiger partial charge in [0.05, 0.1) is 10.8 Å². The number of halogens is 2. The van der Waals surface area contributed by atoms with E-state index < -0.39 is 10.8 Å². The maximum absolute atomic E-state index is 10.4. The number of hydrogen-bond acceptors (Lipinski definition) is 5. The fraction of sp³-hybridized carbons (Fsp3) is 0.0690. The fourth-order valence-corrected chi connectivity index (χ4v) is 12.1. The standard InChI is InChI=1S/C58H38Br2O4S/c1-3-8-47-33(2)40-9-4-5-12-48(40)58(47)49-29-27-43-45(55(49)63-56-46-11-7-14-54(64-65)44(46)28-30-50(56)58)10-6-13-53(43)62-39-23-17-35(18-24-39)57(34-15-21-38(61)22-16-34)51-31-36(59)19-25-41(51)42-26-20-37(60)32-52(42)57/h3-32,61,65H,1-2H3/b8-3-. The van der Waals surface area contributed by atoms with Crippen molar-refractivity contribution in [2.45, 2.75) is 24.7 Å². The van der Waals surface area contributed by atoms with Crippen LogP contribution in [0.25, 0.3) is 38.2 Å². The quantitative estimate of drug-likeness (QED) is 0.129. The molecule has 9 aromatic rings. The Bertz CT molecular complexity index is 3490. The van der Waals surface area contributed by atoms with Crippen molar-refractivity contribution in [1.29, 1.82) is 0 Å². The maximum Gasteiger partial charge on any atom is 0.144 e. The lowest BCUT2D eigenvalue weighted by atomic mass is 9.64. The van der Waals surface area contributed by atoms with E-state index in [4.69, 9.17) is 13.7 Å². The highest BCUT2D eigenvalue weighted by Gasteiger charge is 2.52. The highest BCUT2D eigenvalue weighted by molar-refractivity contribution is 9.10. The molecule has 1 heterocycles. The van der Waals surface area contributed by atoms with E-state index in [1.165, 1.54) is 33.4 Å². The van der Waals surface area contributed by atoms with Gasteiger partial charge >= 0.3 is 0 Å². The van der Waals surface area contributed by atoms with E-state index in [2.05, 4.69) is 192 Å². The second-order valence-corrected chi connectivity index (χ2v) is 18.9. The fourth-order valence-electron chi connectivity index (χ4n) is 11.2. The third-order valence-corrected chi connectivity index (χ3v) is 15.0. The highest BCUT2D eigenvalue weighted by atomic mass is 79.9. The zero-order chi connectivity index (χ0) is 44.2.